The second kappa shape index (κ2) is 7.33. The Morgan fingerprint density at radius 1 is 1.16 bits per heavy atom. The minimum absolute atomic E-state index is 0.135. The van der Waals surface area contributed by atoms with Crippen molar-refractivity contribution < 1.29 is 14.4 Å². The van der Waals surface area contributed by atoms with Gasteiger partial charge in [0.2, 0.25) is 5.91 Å². The van der Waals surface area contributed by atoms with Gasteiger partial charge in [0.05, 0.1) is 6.54 Å². The minimum atomic E-state index is -0.494. The molecule has 0 saturated carbocycles. The first-order chi connectivity index (χ1) is 12.0. The summed E-state index contributed by atoms with van der Waals surface area (Å²) in [6, 6.07) is 8.02. The molecule has 3 amide bonds. The number of anilines is 1. The molecule has 1 aromatic carbocycles. The summed E-state index contributed by atoms with van der Waals surface area (Å²) in [5, 5.41) is 5.06. The molecule has 0 radical (unpaired) electrons. The molecule has 0 aliphatic carbocycles. The van der Waals surface area contributed by atoms with Crippen molar-refractivity contribution in [2.24, 2.45) is 5.10 Å². The topological polar surface area (TPSA) is 94.1 Å². The van der Waals surface area contributed by atoms with E-state index < -0.39 is 5.91 Å². The Hall–Kier alpha value is -2.90. The maximum atomic E-state index is 12.2. The van der Waals surface area contributed by atoms with Crippen LogP contribution in [0.1, 0.15) is 24.8 Å². The Balaban J connectivity index is 1.53. The number of hydrazone groups is 1. The van der Waals surface area contributed by atoms with E-state index in [-0.39, 0.29) is 36.9 Å². The van der Waals surface area contributed by atoms with E-state index in [0.717, 1.165) is 30.1 Å². The first-order valence-corrected chi connectivity index (χ1v) is 8.30. The fourth-order valence-electron chi connectivity index (χ4n) is 3.02. The molecule has 3 rings (SSSR count). The van der Waals surface area contributed by atoms with Crippen molar-refractivity contribution in [3.8, 4) is 0 Å². The van der Waals surface area contributed by atoms with Gasteiger partial charge in [0, 0.05) is 32.1 Å². The molecule has 2 heterocycles. The lowest BCUT2D eigenvalue weighted by molar-refractivity contribution is -0.130. The molecule has 0 aromatic heterocycles. The van der Waals surface area contributed by atoms with Crippen LogP contribution in [0.2, 0.25) is 0 Å². The lowest BCUT2D eigenvalue weighted by Gasteiger charge is -2.30. The Kier molecular flexibility index (Phi) is 4.97. The van der Waals surface area contributed by atoms with E-state index in [2.05, 4.69) is 22.0 Å². The SMILES string of the molecule is CN1N=C(C(=O)NNC(=O)CN2CCCc3ccccc32)CCC1=O. The average molecular weight is 343 g/mol. The van der Waals surface area contributed by atoms with E-state index in [4.69, 9.17) is 0 Å². The van der Waals surface area contributed by atoms with E-state index in [1.165, 1.54) is 12.6 Å². The van der Waals surface area contributed by atoms with Crippen LogP contribution in [0.5, 0.6) is 0 Å². The summed E-state index contributed by atoms with van der Waals surface area (Å²) in [5.41, 5.74) is 7.31. The summed E-state index contributed by atoms with van der Waals surface area (Å²) in [7, 11) is 1.50. The molecule has 0 atom stereocenters. The smallest absolute Gasteiger partial charge is 0.285 e. The first-order valence-electron chi connectivity index (χ1n) is 8.30. The molecule has 8 heteroatoms. The van der Waals surface area contributed by atoms with Gasteiger partial charge in [-0.25, -0.2) is 5.01 Å². The number of rotatable bonds is 3. The van der Waals surface area contributed by atoms with E-state index in [0.29, 0.717) is 0 Å². The van der Waals surface area contributed by atoms with Crippen LogP contribution in [0.25, 0.3) is 0 Å². The molecule has 8 nitrogen and oxygen atoms in total. The third kappa shape index (κ3) is 3.96. The van der Waals surface area contributed by atoms with Crippen LogP contribution in [0.4, 0.5) is 5.69 Å². The fourth-order valence-corrected chi connectivity index (χ4v) is 3.02. The number of hydrazine groups is 1. The van der Waals surface area contributed by atoms with Crippen LogP contribution in [0, 0.1) is 0 Å². The van der Waals surface area contributed by atoms with Gasteiger partial charge in [-0.15, -0.1) is 0 Å². The highest BCUT2D eigenvalue weighted by Gasteiger charge is 2.23. The number of para-hydroxylation sites is 1. The first kappa shape index (κ1) is 16.9. The van der Waals surface area contributed by atoms with Gasteiger partial charge in [0.15, 0.2) is 0 Å². The van der Waals surface area contributed by atoms with Gasteiger partial charge in [-0.2, -0.15) is 5.10 Å². The Labute approximate surface area is 145 Å². The zero-order valence-electron chi connectivity index (χ0n) is 14.1. The van der Waals surface area contributed by atoms with Gasteiger partial charge in [0.25, 0.3) is 11.8 Å². The Morgan fingerprint density at radius 2 is 1.96 bits per heavy atom. The number of hydrogen-bond acceptors (Lipinski definition) is 5. The second-order valence-electron chi connectivity index (χ2n) is 6.12. The third-order valence-electron chi connectivity index (χ3n) is 4.33. The molecule has 1 aromatic rings. The second-order valence-corrected chi connectivity index (χ2v) is 6.12. The number of nitrogens with one attached hydrogen (secondary N) is 2. The molecule has 2 aliphatic heterocycles. The van der Waals surface area contributed by atoms with Crippen LogP contribution in [0.15, 0.2) is 29.4 Å². The quantitative estimate of drug-likeness (QED) is 0.767. The largest absolute Gasteiger partial charge is 0.362 e. The van der Waals surface area contributed by atoms with Crippen molar-refractivity contribution in [1.82, 2.24) is 15.9 Å². The van der Waals surface area contributed by atoms with Gasteiger partial charge < -0.3 is 4.90 Å². The molecular weight excluding hydrogens is 322 g/mol. The Morgan fingerprint density at radius 3 is 2.76 bits per heavy atom. The number of carbonyl (C=O) groups is 3. The number of benzene rings is 1. The maximum Gasteiger partial charge on any atom is 0.285 e. The minimum Gasteiger partial charge on any atom is -0.362 e. The molecule has 25 heavy (non-hydrogen) atoms. The highest BCUT2D eigenvalue weighted by Crippen LogP contribution is 2.26. The Bertz CT molecular complexity index is 731. The van der Waals surface area contributed by atoms with Gasteiger partial charge in [0.1, 0.15) is 5.71 Å². The molecule has 0 fully saturated rings. The number of hydrogen-bond donors (Lipinski definition) is 2. The van der Waals surface area contributed by atoms with Crippen LogP contribution < -0.4 is 15.8 Å². The zero-order chi connectivity index (χ0) is 17.8. The summed E-state index contributed by atoms with van der Waals surface area (Å²) in [4.78, 5) is 37.6. The summed E-state index contributed by atoms with van der Waals surface area (Å²) in [5.74, 6) is -0.929. The van der Waals surface area contributed by atoms with E-state index in [1.54, 1.807) is 0 Å². The van der Waals surface area contributed by atoms with Crippen LogP contribution >= 0.6 is 0 Å². The lowest BCUT2D eigenvalue weighted by atomic mass is 10.0. The van der Waals surface area contributed by atoms with Crippen LogP contribution in [-0.2, 0) is 20.8 Å². The molecule has 132 valence electrons. The van der Waals surface area contributed by atoms with Crippen molar-refractivity contribution in [1.29, 1.82) is 0 Å². The van der Waals surface area contributed by atoms with E-state index in [1.807, 2.05) is 23.1 Å². The number of aryl methyl sites for hydroxylation is 1. The van der Waals surface area contributed by atoms with Crippen molar-refractivity contribution in [2.75, 3.05) is 25.0 Å². The van der Waals surface area contributed by atoms with E-state index >= 15 is 0 Å². The summed E-state index contributed by atoms with van der Waals surface area (Å²) in [6.45, 7) is 0.972. The maximum absolute atomic E-state index is 12.2. The van der Waals surface area contributed by atoms with Crippen molar-refractivity contribution in [3.63, 3.8) is 0 Å². The van der Waals surface area contributed by atoms with Crippen molar-refractivity contribution >= 4 is 29.1 Å². The molecule has 2 N–H and O–H groups in total. The van der Waals surface area contributed by atoms with Gasteiger partial charge in [-0.05, 0) is 24.5 Å². The van der Waals surface area contributed by atoms with Crippen LogP contribution in [-0.4, -0.2) is 48.6 Å². The number of fused-ring (bicyclic) bond motifs is 1. The van der Waals surface area contributed by atoms with Gasteiger partial charge in [-0.3, -0.25) is 25.2 Å². The predicted molar refractivity (Wildman–Crippen MR) is 92.7 cm³/mol. The lowest BCUT2D eigenvalue weighted by Crippen LogP contribution is -2.50. The molecule has 0 bridgehead atoms. The highest BCUT2D eigenvalue weighted by molar-refractivity contribution is 6.39. The highest BCUT2D eigenvalue weighted by atomic mass is 16.2. The molecule has 2 aliphatic rings. The molecule has 0 unspecified atom stereocenters. The zero-order valence-corrected chi connectivity index (χ0v) is 14.1. The summed E-state index contributed by atoms with van der Waals surface area (Å²) >= 11 is 0. The van der Waals surface area contributed by atoms with Crippen molar-refractivity contribution in [2.45, 2.75) is 25.7 Å². The van der Waals surface area contributed by atoms with E-state index in [9.17, 15) is 14.4 Å². The summed E-state index contributed by atoms with van der Waals surface area (Å²) in [6.07, 6.45) is 2.51. The number of amides is 3. The van der Waals surface area contributed by atoms with Crippen molar-refractivity contribution in [3.05, 3.63) is 29.8 Å². The predicted octanol–water partition coefficient (Wildman–Crippen LogP) is 0.195. The summed E-state index contributed by atoms with van der Waals surface area (Å²) < 4.78 is 0. The fraction of sp³-hybridized carbons (Fsp3) is 0.412. The number of carbonyl (C=O) groups excluding carboxylic acids is 3. The standard InChI is InChI=1S/C17H21N5O3/c1-21-16(24)9-8-13(20-21)17(25)19-18-15(23)11-22-10-4-6-12-5-2-3-7-14(12)22/h2-3,5,7H,4,6,8-11H2,1H3,(H,18,23)(H,19,25). The molecule has 0 spiro atoms. The number of nitrogens with zero attached hydrogens (tertiary/aromatic N) is 3. The average Bonchev–Trinajstić information content (AvgIpc) is 2.62. The molecule has 0 saturated heterocycles. The normalized spacial score (nSPS) is 16.8. The van der Waals surface area contributed by atoms with Gasteiger partial charge in [-0.1, -0.05) is 18.2 Å². The third-order valence-corrected chi connectivity index (χ3v) is 4.33. The monoisotopic (exact) mass is 343 g/mol. The van der Waals surface area contributed by atoms with Crippen LogP contribution in [0.3, 0.4) is 0 Å². The molecular formula is C17H21N5O3. The van der Waals surface area contributed by atoms with Gasteiger partial charge >= 0.3 is 0 Å².